The van der Waals surface area contributed by atoms with Gasteiger partial charge >= 0.3 is 0 Å². The molecule has 0 unspecified atom stereocenters. The number of hydrogen-bond donors (Lipinski definition) is 1. The van der Waals surface area contributed by atoms with Crippen molar-refractivity contribution in [3.8, 4) is 0 Å². The van der Waals surface area contributed by atoms with Crippen LogP contribution in [0.2, 0.25) is 15.1 Å². The topological polar surface area (TPSA) is 38.1 Å². The van der Waals surface area contributed by atoms with Crippen molar-refractivity contribution in [2.45, 2.75) is 6.04 Å². The van der Waals surface area contributed by atoms with E-state index in [-0.39, 0.29) is 6.01 Å². The Bertz CT molecular complexity index is 1110. The first-order valence-electron chi connectivity index (χ1n) is 8.02. The standard InChI is InChI=1S/C20H12Cl3FN2O/c21-12-3-1-11(2-4-12)19(15-7-5-13(22)9-16(15)24)26-20-25-17-8-6-14(23)10-18(17)27-20/h1-10,19H,(H,25,26)/t19-/m0/s1. The molecule has 3 nitrogen and oxygen atoms in total. The molecule has 0 aliphatic carbocycles. The van der Waals surface area contributed by atoms with Gasteiger partial charge in [0.05, 0.1) is 6.04 Å². The summed E-state index contributed by atoms with van der Waals surface area (Å²) < 4.78 is 20.3. The third kappa shape index (κ3) is 3.88. The molecular weight excluding hydrogens is 410 g/mol. The fraction of sp³-hybridized carbons (Fsp3) is 0.0500. The SMILES string of the molecule is Fc1cc(Cl)ccc1[C@@H](Nc1nc2ccc(Cl)cc2o1)c1ccc(Cl)cc1. The van der Waals surface area contributed by atoms with E-state index in [1.807, 2.05) is 12.1 Å². The lowest BCUT2D eigenvalue weighted by Gasteiger charge is -2.19. The van der Waals surface area contributed by atoms with Crippen molar-refractivity contribution in [1.29, 1.82) is 0 Å². The van der Waals surface area contributed by atoms with E-state index >= 15 is 0 Å². The monoisotopic (exact) mass is 420 g/mol. The number of anilines is 1. The predicted molar refractivity (Wildman–Crippen MR) is 107 cm³/mol. The number of fused-ring (bicyclic) bond motifs is 1. The molecule has 0 bridgehead atoms. The molecule has 0 saturated carbocycles. The zero-order valence-electron chi connectivity index (χ0n) is 13.7. The predicted octanol–water partition coefficient (Wildman–Crippen LogP) is 7.13. The summed E-state index contributed by atoms with van der Waals surface area (Å²) in [7, 11) is 0. The van der Waals surface area contributed by atoms with E-state index in [4.69, 9.17) is 39.2 Å². The zero-order chi connectivity index (χ0) is 19.0. The Kier molecular flexibility index (Phi) is 4.96. The van der Waals surface area contributed by atoms with Gasteiger partial charge in [0.25, 0.3) is 6.01 Å². The van der Waals surface area contributed by atoms with E-state index in [9.17, 15) is 4.39 Å². The highest BCUT2D eigenvalue weighted by Crippen LogP contribution is 2.32. The highest BCUT2D eigenvalue weighted by atomic mass is 35.5. The fourth-order valence-corrected chi connectivity index (χ4v) is 3.26. The number of aromatic nitrogens is 1. The van der Waals surface area contributed by atoms with Crippen molar-refractivity contribution in [3.63, 3.8) is 0 Å². The van der Waals surface area contributed by atoms with E-state index in [0.29, 0.717) is 31.7 Å². The molecule has 27 heavy (non-hydrogen) atoms. The molecule has 1 heterocycles. The minimum Gasteiger partial charge on any atom is -0.423 e. The highest BCUT2D eigenvalue weighted by Gasteiger charge is 2.21. The van der Waals surface area contributed by atoms with Crippen molar-refractivity contribution in [3.05, 3.63) is 92.7 Å². The molecule has 0 spiro atoms. The van der Waals surface area contributed by atoms with Crippen LogP contribution >= 0.6 is 34.8 Å². The molecule has 0 radical (unpaired) electrons. The lowest BCUT2D eigenvalue weighted by molar-refractivity contribution is 0.587. The minimum absolute atomic E-state index is 0.251. The van der Waals surface area contributed by atoms with Crippen LogP contribution in [0, 0.1) is 5.82 Å². The van der Waals surface area contributed by atoms with Gasteiger partial charge in [-0.15, -0.1) is 0 Å². The summed E-state index contributed by atoms with van der Waals surface area (Å²) in [6, 6.07) is 16.5. The van der Waals surface area contributed by atoms with E-state index < -0.39 is 11.9 Å². The molecule has 1 aromatic heterocycles. The third-order valence-corrected chi connectivity index (χ3v) is 4.82. The number of benzene rings is 3. The zero-order valence-corrected chi connectivity index (χ0v) is 16.0. The van der Waals surface area contributed by atoms with Gasteiger partial charge in [-0.25, -0.2) is 4.39 Å². The molecule has 0 fully saturated rings. The smallest absolute Gasteiger partial charge is 0.296 e. The summed E-state index contributed by atoms with van der Waals surface area (Å²) >= 11 is 17.9. The maximum Gasteiger partial charge on any atom is 0.296 e. The van der Waals surface area contributed by atoms with Gasteiger partial charge in [-0.2, -0.15) is 4.98 Å². The number of nitrogens with zero attached hydrogens (tertiary/aromatic N) is 1. The number of halogens is 4. The first-order valence-corrected chi connectivity index (χ1v) is 9.16. The largest absolute Gasteiger partial charge is 0.423 e. The molecule has 136 valence electrons. The van der Waals surface area contributed by atoms with Crippen LogP contribution in [0.25, 0.3) is 11.1 Å². The number of oxazole rings is 1. The second-order valence-electron chi connectivity index (χ2n) is 5.93. The highest BCUT2D eigenvalue weighted by molar-refractivity contribution is 6.31. The van der Waals surface area contributed by atoms with E-state index in [1.165, 1.54) is 6.07 Å². The Hall–Kier alpha value is -2.27. The number of rotatable bonds is 4. The molecule has 0 amide bonds. The average Bonchev–Trinajstić information content (AvgIpc) is 3.02. The molecular formula is C20H12Cl3FN2O. The Morgan fingerprint density at radius 1 is 0.852 bits per heavy atom. The van der Waals surface area contributed by atoms with Crippen LogP contribution < -0.4 is 5.32 Å². The molecule has 0 saturated heterocycles. The Labute approximate surface area is 169 Å². The first-order chi connectivity index (χ1) is 13.0. The lowest BCUT2D eigenvalue weighted by Crippen LogP contribution is -2.14. The van der Waals surface area contributed by atoms with Crippen LogP contribution in [-0.4, -0.2) is 4.98 Å². The van der Waals surface area contributed by atoms with Crippen molar-refractivity contribution < 1.29 is 8.81 Å². The summed E-state index contributed by atoms with van der Waals surface area (Å²) in [5.74, 6) is -0.436. The fourth-order valence-electron chi connectivity index (χ4n) is 2.82. The van der Waals surface area contributed by atoms with Crippen molar-refractivity contribution in [1.82, 2.24) is 4.98 Å². The van der Waals surface area contributed by atoms with Gasteiger partial charge in [0.2, 0.25) is 0 Å². The Balaban J connectivity index is 1.77. The second-order valence-corrected chi connectivity index (χ2v) is 7.24. The normalized spacial score (nSPS) is 12.3. The van der Waals surface area contributed by atoms with E-state index in [2.05, 4.69) is 10.3 Å². The van der Waals surface area contributed by atoms with Gasteiger partial charge < -0.3 is 9.73 Å². The summed E-state index contributed by atoms with van der Waals surface area (Å²) in [5, 5.41) is 4.61. The molecule has 0 aliphatic heterocycles. The maximum atomic E-state index is 14.6. The first kappa shape index (κ1) is 18.1. The van der Waals surface area contributed by atoms with E-state index in [1.54, 1.807) is 42.5 Å². The van der Waals surface area contributed by atoms with Gasteiger partial charge in [0.15, 0.2) is 5.58 Å². The Morgan fingerprint density at radius 3 is 2.26 bits per heavy atom. The summed E-state index contributed by atoms with van der Waals surface area (Å²) in [6.07, 6.45) is 0. The van der Waals surface area contributed by atoms with Crippen molar-refractivity contribution in [2.75, 3.05) is 5.32 Å². The quantitative estimate of drug-likeness (QED) is 0.381. The van der Waals surface area contributed by atoms with Crippen LogP contribution in [0.5, 0.6) is 0 Å². The van der Waals surface area contributed by atoms with Crippen molar-refractivity contribution in [2.24, 2.45) is 0 Å². The van der Waals surface area contributed by atoms with Crippen LogP contribution in [0.15, 0.2) is 65.1 Å². The molecule has 1 atom stereocenters. The second kappa shape index (κ2) is 7.39. The summed E-state index contributed by atoms with van der Waals surface area (Å²) in [5.41, 5.74) is 2.38. The van der Waals surface area contributed by atoms with E-state index in [0.717, 1.165) is 5.56 Å². The van der Waals surface area contributed by atoms with Gasteiger partial charge in [-0.05, 0) is 42.0 Å². The third-order valence-electron chi connectivity index (χ3n) is 4.10. The average molecular weight is 422 g/mol. The molecule has 4 aromatic rings. The molecule has 4 rings (SSSR count). The van der Waals surface area contributed by atoms with Crippen LogP contribution in [0.3, 0.4) is 0 Å². The summed E-state index contributed by atoms with van der Waals surface area (Å²) in [6.45, 7) is 0. The van der Waals surface area contributed by atoms with Gasteiger partial charge in [-0.1, -0.05) is 53.0 Å². The summed E-state index contributed by atoms with van der Waals surface area (Å²) in [4.78, 5) is 4.40. The van der Waals surface area contributed by atoms with Gasteiger partial charge in [0.1, 0.15) is 11.3 Å². The van der Waals surface area contributed by atoms with Crippen LogP contribution in [-0.2, 0) is 0 Å². The van der Waals surface area contributed by atoms with Gasteiger partial charge in [0, 0.05) is 26.7 Å². The van der Waals surface area contributed by atoms with Crippen LogP contribution in [0.4, 0.5) is 10.4 Å². The maximum absolute atomic E-state index is 14.6. The molecule has 7 heteroatoms. The lowest BCUT2D eigenvalue weighted by atomic mass is 9.98. The van der Waals surface area contributed by atoms with Gasteiger partial charge in [-0.3, -0.25) is 0 Å². The number of hydrogen-bond acceptors (Lipinski definition) is 3. The molecule has 1 N–H and O–H groups in total. The van der Waals surface area contributed by atoms with Crippen LogP contribution in [0.1, 0.15) is 17.2 Å². The Morgan fingerprint density at radius 2 is 1.52 bits per heavy atom. The molecule has 0 aliphatic rings. The van der Waals surface area contributed by atoms with Crippen molar-refractivity contribution >= 4 is 51.9 Å². The minimum atomic E-state index is -0.553. The molecule has 3 aromatic carbocycles. The number of nitrogens with one attached hydrogen (secondary N) is 1.